The van der Waals surface area contributed by atoms with Crippen LogP contribution in [0.1, 0.15) is 15.9 Å². The molecule has 1 fully saturated rings. The molecule has 1 aromatic heterocycles. The van der Waals surface area contributed by atoms with Crippen molar-refractivity contribution in [3.05, 3.63) is 52.7 Å². The van der Waals surface area contributed by atoms with E-state index in [1.807, 2.05) is 6.92 Å². The van der Waals surface area contributed by atoms with E-state index in [4.69, 9.17) is 16.3 Å². The largest absolute Gasteiger partial charge is 0.465 e. The lowest BCUT2D eigenvalue weighted by atomic mass is 10.2. The molecule has 0 bridgehead atoms. The van der Waals surface area contributed by atoms with Crippen LogP contribution in [0.3, 0.4) is 0 Å². The molecule has 0 spiro atoms. The third-order valence-electron chi connectivity index (χ3n) is 3.95. The minimum Gasteiger partial charge on any atom is -0.465 e. The highest BCUT2D eigenvalue weighted by Gasteiger charge is 2.32. The van der Waals surface area contributed by atoms with Crippen LogP contribution in [0.5, 0.6) is 0 Å². The number of carbonyl (C=O) groups is 2. The number of hydrogen-bond acceptors (Lipinski definition) is 4. The van der Waals surface area contributed by atoms with Gasteiger partial charge in [-0.2, -0.15) is 0 Å². The maximum atomic E-state index is 12.8. The number of ether oxygens (including phenoxy) is 1. The lowest BCUT2D eigenvalue weighted by Gasteiger charge is -2.20. The Morgan fingerprint density at radius 3 is 2.75 bits per heavy atom. The molecule has 0 aliphatic carbocycles. The van der Waals surface area contributed by atoms with Crippen molar-refractivity contribution in [2.75, 3.05) is 30.0 Å². The number of urea groups is 1. The second kappa shape index (κ2) is 6.49. The zero-order chi connectivity index (χ0) is 17.3. The molecule has 1 aliphatic rings. The molecule has 0 atom stereocenters. The Labute approximate surface area is 144 Å². The van der Waals surface area contributed by atoms with Crippen molar-refractivity contribution in [1.29, 1.82) is 0 Å². The van der Waals surface area contributed by atoms with Gasteiger partial charge in [0.05, 0.1) is 12.7 Å². The van der Waals surface area contributed by atoms with Gasteiger partial charge in [0.25, 0.3) is 0 Å². The molecule has 3 rings (SSSR count). The summed E-state index contributed by atoms with van der Waals surface area (Å²) in [6.45, 7) is 2.82. The summed E-state index contributed by atoms with van der Waals surface area (Å²) in [5.41, 5.74) is 1.81. The third kappa shape index (κ3) is 2.80. The average Bonchev–Trinajstić information content (AvgIpc) is 2.98. The number of esters is 1. The van der Waals surface area contributed by atoms with E-state index in [1.54, 1.807) is 46.3 Å². The first-order chi connectivity index (χ1) is 11.5. The second-order valence-electron chi connectivity index (χ2n) is 5.37. The third-order valence-corrected chi connectivity index (χ3v) is 4.36. The Kier molecular flexibility index (Phi) is 4.40. The molecule has 124 valence electrons. The highest BCUT2D eigenvalue weighted by atomic mass is 35.5. The van der Waals surface area contributed by atoms with Crippen molar-refractivity contribution in [3.8, 4) is 0 Å². The highest BCUT2D eigenvalue weighted by molar-refractivity contribution is 6.31. The first-order valence-electron chi connectivity index (χ1n) is 7.41. The summed E-state index contributed by atoms with van der Waals surface area (Å²) in [7, 11) is 1.32. The number of aromatic nitrogens is 1. The Morgan fingerprint density at radius 1 is 1.25 bits per heavy atom. The van der Waals surface area contributed by atoms with E-state index in [1.165, 1.54) is 7.11 Å². The van der Waals surface area contributed by atoms with E-state index in [-0.39, 0.29) is 6.03 Å². The summed E-state index contributed by atoms with van der Waals surface area (Å²) in [6, 6.07) is 8.29. The zero-order valence-electron chi connectivity index (χ0n) is 13.3. The number of hydrogen-bond donors (Lipinski definition) is 0. The first-order valence-corrected chi connectivity index (χ1v) is 7.79. The summed E-state index contributed by atoms with van der Waals surface area (Å²) >= 11 is 6.12. The van der Waals surface area contributed by atoms with Crippen molar-refractivity contribution in [2.24, 2.45) is 0 Å². The number of anilines is 2. The molecule has 6 nitrogen and oxygen atoms in total. The molecule has 2 aromatic rings. The smallest absolute Gasteiger partial charge is 0.337 e. The number of benzene rings is 1. The van der Waals surface area contributed by atoms with Crippen LogP contribution < -0.4 is 9.80 Å². The molecule has 1 aliphatic heterocycles. The molecule has 1 aromatic carbocycles. The van der Waals surface area contributed by atoms with Crippen LogP contribution in [0, 0.1) is 6.92 Å². The Balaban J connectivity index is 1.89. The van der Waals surface area contributed by atoms with Crippen LogP contribution in [0.25, 0.3) is 0 Å². The van der Waals surface area contributed by atoms with Crippen LogP contribution in [-0.2, 0) is 4.74 Å². The molecule has 0 radical (unpaired) electrons. The fourth-order valence-corrected chi connectivity index (χ4v) is 2.81. The zero-order valence-corrected chi connectivity index (χ0v) is 14.1. The molecule has 0 unspecified atom stereocenters. The van der Waals surface area contributed by atoms with Crippen LogP contribution in [0.4, 0.5) is 16.3 Å². The van der Waals surface area contributed by atoms with Gasteiger partial charge in [-0.25, -0.2) is 14.6 Å². The number of nitrogens with zero attached hydrogens (tertiary/aromatic N) is 3. The van der Waals surface area contributed by atoms with Gasteiger partial charge in [0.15, 0.2) is 0 Å². The van der Waals surface area contributed by atoms with Gasteiger partial charge in [0.2, 0.25) is 0 Å². The molecular formula is C17H16ClN3O3. The molecule has 7 heteroatoms. The van der Waals surface area contributed by atoms with Crippen molar-refractivity contribution >= 4 is 35.1 Å². The predicted molar refractivity (Wildman–Crippen MR) is 91.9 cm³/mol. The topological polar surface area (TPSA) is 62.7 Å². The number of halogens is 1. The Bertz CT molecular complexity index is 809. The lowest BCUT2D eigenvalue weighted by Crippen LogP contribution is -2.32. The fraction of sp³-hybridized carbons (Fsp3) is 0.235. The van der Waals surface area contributed by atoms with E-state index in [2.05, 4.69) is 4.98 Å². The molecule has 1 saturated heterocycles. The van der Waals surface area contributed by atoms with Crippen LogP contribution in [0.15, 0.2) is 36.5 Å². The van der Waals surface area contributed by atoms with Gasteiger partial charge < -0.3 is 4.74 Å². The molecule has 24 heavy (non-hydrogen) atoms. The molecular weight excluding hydrogens is 330 g/mol. The van der Waals surface area contributed by atoms with Gasteiger partial charge in [-0.15, -0.1) is 0 Å². The fourth-order valence-electron chi connectivity index (χ4n) is 2.67. The summed E-state index contributed by atoms with van der Waals surface area (Å²) in [5, 5.41) is 0.568. The summed E-state index contributed by atoms with van der Waals surface area (Å²) < 4.78 is 4.72. The SMILES string of the molecule is COC(=O)c1cccc(N2CCN(c3nccc(Cl)c3C)C2=O)c1. The van der Waals surface area contributed by atoms with Gasteiger partial charge in [-0.3, -0.25) is 9.80 Å². The van der Waals surface area contributed by atoms with Crippen molar-refractivity contribution in [3.63, 3.8) is 0 Å². The maximum absolute atomic E-state index is 12.8. The van der Waals surface area contributed by atoms with Crippen molar-refractivity contribution in [2.45, 2.75) is 6.92 Å². The van der Waals surface area contributed by atoms with Gasteiger partial charge in [-0.1, -0.05) is 17.7 Å². The van der Waals surface area contributed by atoms with Crippen molar-refractivity contribution < 1.29 is 14.3 Å². The quantitative estimate of drug-likeness (QED) is 0.801. The lowest BCUT2D eigenvalue weighted by molar-refractivity contribution is 0.0600. The van der Waals surface area contributed by atoms with E-state index in [9.17, 15) is 9.59 Å². The molecule has 0 saturated carbocycles. The van der Waals surface area contributed by atoms with Gasteiger partial charge in [0.1, 0.15) is 5.82 Å². The molecule has 0 N–H and O–H groups in total. The number of carbonyl (C=O) groups excluding carboxylic acids is 2. The van der Waals surface area contributed by atoms with Crippen LogP contribution in [-0.4, -0.2) is 37.2 Å². The van der Waals surface area contributed by atoms with E-state index in [0.29, 0.717) is 35.2 Å². The average molecular weight is 346 g/mol. The highest BCUT2D eigenvalue weighted by Crippen LogP contribution is 2.29. The number of methoxy groups -OCH3 is 1. The minimum absolute atomic E-state index is 0.199. The van der Waals surface area contributed by atoms with Crippen molar-refractivity contribution in [1.82, 2.24) is 4.98 Å². The number of amides is 2. The van der Waals surface area contributed by atoms with Gasteiger partial charge >= 0.3 is 12.0 Å². The van der Waals surface area contributed by atoms with E-state index >= 15 is 0 Å². The van der Waals surface area contributed by atoms with Gasteiger partial charge in [0, 0.05) is 35.6 Å². The second-order valence-corrected chi connectivity index (χ2v) is 5.78. The summed E-state index contributed by atoms with van der Waals surface area (Å²) in [5.74, 6) is 0.117. The van der Waals surface area contributed by atoms with E-state index < -0.39 is 5.97 Å². The van der Waals surface area contributed by atoms with E-state index in [0.717, 1.165) is 5.56 Å². The normalized spacial score (nSPS) is 14.2. The Morgan fingerprint density at radius 2 is 2.00 bits per heavy atom. The van der Waals surface area contributed by atoms with Crippen LogP contribution >= 0.6 is 11.6 Å². The predicted octanol–water partition coefficient (Wildman–Crippen LogP) is 3.28. The van der Waals surface area contributed by atoms with Gasteiger partial charge in [-0.05, 0) is 31.2 Å². The maximum Gasteiger partial charge on any atom is 0.337 e. The monoisotopic (exact) mass is 345 g/mol. The molecule has 2 heterocycles. The number of rotatable bonds is 3. The summed E-state index contributed by atoms with van der Waals surface area (Å²) in [4.78, 5) is 31.9. The standard InChI is InChI=1S/C17H16ClN3O3/c1-11-14(18)6-7-19-15(11)21-9-8-20(17(21)23)13-5-3-4-12(10-13)16(22)24-2/h3-7,10H,8-9H2,1-2H3. The minimum atomic E-state index is -0.437. The Hall–Kier alpha value is -2.60. The first kappa shape index (κ1) is 16.3. The van der Waals surface area contributed by atoms with Crippen LogP contribution in [0.2, 0.25) is 5.02 Å². The number of pyridine rings is 1. The summed E-state index contributed by atoms with van der Waals surface area (Å²) in [6.07, 6.45) is 1.58. The molecule has 2 amide bonds.